The Balaban J connectivity index is 1.70. The number of hydrogen-bond acceptors (Lipinski definition) is 5. The number of fused-ring (bicyclic) bond motifs is 1. The zero-order valence-electron chi connectivity index (χ0n) is 15.0. The topological polar surface area (TPSA) is 72.7 Å². The fourth-order valence-corrected chi connectivity index (χ4v) is 3.76. The van der Waals surface area contributed by atoms with Crippen molar-refractivity contribution in [3.63, 3.8) is 0 Å². The van der Waals surface area contributed by atoms with E-state index >= 15 is 0 Å². The van der Waals surface area contributed by atoms with E-state index in [1.54, 1.807) is 24.3 Å². The van der Waals surface area contributed by atoms with Crippen LogP contribution in [0.15, 0.2) is 42.5 Å². The van der Waals surface area contributed by atoms with E-state index in [1.165, 1.54) is 22.9 Å². The molecule has 4 aromatic rings. The van der Waals surface area contributed by atoms with Crippen molar-refractivity contribution in [3.8, 4) is 5.69 Å². The van der Waals surface area contributed by atoms with Gasteiger partial charge in [0, 0.05) is 0 Å². The van der Waals surface area contributed by atoms with Gasteiger partial charge < -0.3 is 0 Å². The fourth-order valence-electron chi connectivity index (χ4n) is 2.88. The third-order valence-corrected chi connectivity index (χ3v) is 5.05. The van der Waals surface area contributed by atoms with Crippen LogP contribution in [0.3, 0.4) is 0 Å². The molecule has 0 aliphatic carbocycles. The number of carbonyl (C=O) groups is 1. The van der Waals surface area contributed by atoms with Crippen LogP contribution in [-0.4, -0.2) is 25.9 Å². The van der Waals surface area contributed by atoms with E-state index in [4.69, 9.17) is 0 Å². The Labute approximate surface area is 162 Å². The highest BCUT2D eigenvalue weighted by Gasteiger charge is 2.24. The summed E-state index contributed by atoms with van der Waals surface area (Å²) in [5.74, 6) is -1.48. The van der Waals surface area contributed by atoms with Gasteiger partial charge in [0.15, 0.2) is 10.8 Å². The summed E-state index contributed by atoms with van der Waals surface area (Å²) in [6, 6.07) is 10.4. The number of hydrogen-bond donors (Lipinski definition) is 1. The lowest BCUT2D eigenvalue weighted by Crippen LogP contribution is -2.16. The van der Waals surface area contributed by atoms with Gasteiger partial charge in [-0.05, 0) is 36.2 Å². The highest BCUT2D eigenvalue weighted by molar-refractivity contribution is 7.22. The van der Waals surface area contributed by atoms with Crippen molar-refractivity contribution in [1.82, 2.24) is 20.0 Å². The summed E-state index contributed by atoms with van der Waals surface area (Å²) in [6.45, 7) is 3.74. The molecule has 142 valence electrons. The number of halogens is 2. The first kappa shape index (κ1) is 18.2. The third kappa shape index (κ3) is 3.24. The average Bonchev–Trinajstić information content (AvgIpc) is 3.25. The first-order valence-corrected chi connectivity index (χ1v) is 9.33. The molecule has 0 atom stereocenters. The second-order valence-electron chi connectivity index (χ2n) is 6.43. The van der Waals surface area contributed by atoms with Crippen molar-refractivity contribution in [2.75, 3.05) is 5.32 Å². The van der Waals surface area contributed by atoms with E-state index in [0.29, 0.717) is 21.0 Å². The quantitative estimate of drug-likeness (QED) is 0.547. The molecule has 4 rings (SSSR count). The molecule has 0 spiro atoms. The Morgan fingerprint density at radius 2 is 1.96 bits per heavy atom. The van der Waals surface area contributed by atoms with Gasteiger partial charge in [-0.3, -0.25) is 10.1 Å². The van der Waals surface area contributed by atoms with Crippen LogP contribution in [0.2, 0.25) is 0 Å². The lowest BCUT2D eigenvalue weighted by atomic mass is 10.1. The molecule has 0 aliphatic heterocycles. The van der Waals surface area contributed by atoms with E-state index in [9.17, 15) is 13.6 Å². The molecule has 2 heterocycles. The van der Waals surface area contributed by atoms with Gasteiger partial charge in [0.05, 0.1) is 15.9 Å². The van der Waals surface area contributed by atoms with Crippen molar-refractivity contribution < 1.29 is 13.6 Å². The highest BCUT2D eigenvalue weighted by Crippen LogP contribution is 2.28. The summed E-state index contributed by atoms with van der Waals surface area (Å²) in [5.41, 5.74) is 1.37. The van der Waals surface area contributed by atoms with Crippen LogP contribution in [0.25, 0.3) is 15.9 Å². The summed E-state index contributed by atoms with van der Waals surface area (Å²) in [7, 11) is 0. The van der Waals surface area contributed by atoms with Crippen molar-refractivity contribution >= 4 is 32.6 Å². The first-order chi connectivity index (χ1) is 13.4. The van der Waals surface area contributed by atoms with Gasteiger partial charge >= 0.3 is 0 Å². The van der Waals surface area contributed by atoms with Gasteiger partial charge in [0.25, 0.3) is 5.91 Å². The predicted molar refractivity (Wildman–Crippen MR) is 103 cm³/mol. The van der Waals surface area contributed by atoms with Crippen LogP contribution >= 0.6 is 11.3 Å². The molecule has 0 radical (unpaired) electrons. The van der Waals surface area contributed by atoms with Crippen LogP contribution in [0, 0.1) is 11.6 Å². The standard InChI is InChI=1S/C19H15F2N5OS/c1-10(2)17-16(24-25-26(17)14-6-4-3-5-12(14)21)18(27)23-19-22-13-8-7-11(20)9-15(13)28-19/h3-10H,1-2H3,(H,22,23,27). The molecule has 28 heavy (non-hydrogen) atoms. The highest BCUT2D eigenvalue weighted by atomic mass is 32.1. The monoisotopic (exact) mass is 399 g/mol. The summed E-state index contributed by atoms with van der Waals surface area (Å²) >= 11 is 1.16. The van der Waals surface area contributed by atoms with Crippen molar-refractivity contribution in [2.24, 2.45) is 0 Å². The Bertz CT molecular complexity index is 1180. The van der Waals surface area contributed by atoms with Gasteiger partial charge in [-0.2, -0.15) is 0 Å². The summed E-state index contributed by atoms with van der Waals surface area (Å²) in [4.78, 5) is 17.1. The molecule has 0 saturated carbocycles. The summed E-state index contributed by atoms with van der Waals surface area (Å²) in [5, 5.41) is 11.0. The Morgan fingerprint density at radius 1 is 1.18 bits per heavy atom. The molecule has 2 aromatic heterocycles. The molecule has 0 fully saturated rings. The van der Waals surface area contributed by atoms with Crippen molar-refractivity contribution in [2.45, 2.75) is 19.8 Å². The number of benzene rings is 2. The van der Waals surface area contributed by atoms with Crippen LogP contribution in [0.5, 0.6) is 0 Å². The number of aromatic nitrogens is 4. The maximum atomic E-state index is 14.2. The maximum Gasteiger partial charge on any atom is 0.279 e. The number of thiazole rings is 1. The number of amides is 1. The smallest absolute Gasteiger partial charge is 0.279 e. The molecule has 6 nitrogen and oxygen atoms in total. The van der Waals surface area contributed by atoms with Crippen molar-refractivity contribution in [3.05, 3.63) is 65.5 Å². The van der Waals surface area contributed by atoms with Gasteiger partial charge in [-0.1, -0.05) is 42.5 Å². The summed E-state index contributed by atoms with van der Waals surface area (Å²) in [6.07, 6.45) is 0. The number of para-hydroxylation sites is 1. The molecule has 1 N–H and O–H groups in total. The predicted octanol–water partition coefficient (Wildman–Crippen LogP) is 4.53. The SMILES string of the molecule is CC(C)c1c(C(=O)Nc2nc3ccc(F)cc3s2)nnn1-c1ccccc1F. The lowest BCUT2D eigenvalue weighted by molar-refractivity contribution is 0.102. The maximum absolute atomic E-state index is 14.2. The Kier molecular flexibility index (Phi) is 4.60. The van der Waals surface area contributed by atoms with E-state index in [2.05, 4.69) is 20.6 Å². The second kappa shape index (κ2) is 7.08. The van der Waals surface area contributed by atoms with Gasteiger partial charge in [0.2, 0.25) is 0 Å². The van der Waals surface area contributed by atoms with Crippen LogP contribution < -0.4 is 5.32 Å². The number of anilines is 1. The van der Waals surface area contributed by atoms with Gasteiger partial charge in [-0.15, -0.1) is 5.10 Å². The average molecular weight is 399 g/mol. The largest absolute Gasteiger partial charge is 0.296 e. The molecular weight excluding hydrogens is 384 g/mol. The molecule has 0 saturated heterocycles. The first-order valence-electron chi connectivity index (χ1n) is 8.52. The Morgan fingerprint density at radius 3 is 2.71 bits per heavy atom. The molecule has 0 bridgehead atoms. The van der Waals surface area contributed by atoms with E-state index in [0.717, 1.165) is 11.3 Å². The third-order valence-electron chi connectivity index (χ3n) is 4.12. The minimum absolute atomic E-state index is 0.0867. The van der Waals surface area contributed by atoms with Crippen LogP contribution in [0.4, 0.5) is 13.9 Å². The van der Waals surface area contributed by atoms with E-state index < -0.39 is 11.7 Å². The molecule has 0 unspecified atom stereocenters. The van der Waals surface area contributed by atoms with Crippen LogP contribution in [0.1, 0.15) is 35.9 Å². The summed E-state index contributed by atoms with van der Waals surface area (Å²) < 4.78 is 29.5. The number of nitrogens with one attached hydrogen (secondary N) is 1. The zero-order chi connectivity index (χ0) is 19.8. The zero-order valence-corrected chi connectivity index (χ0v) is 15.8. The molecule has 0 aliphatic rings. The van der Waals surface area contributed by atoms with Gasteiger partial charge in [-0.25, -0.2) is 18.4 Å². The Hall–Kier alpha value is -3.20. The van der Waals surface area contributed by atoms with E-state index in [1.807, 2.05) is 13.8 Å². The molecule has 1 amide bonds. The normalized spacial score (nSPS) is 11.3. The van der Waals surface area contributed by atoms with Crippen LogP contribution in [-0.2, 0) is 0 Å². The minimum Gasteiger partial charge on any atom is -0.296 e. The fraction of sp³-hybridized carbons (Fsp3) is 0.158. The van der Waals surface area contributed by atoms with Gasteiger partial charge in [0.1, 0.15) is 17.3 Å². The number of carbonyl (C=O) groups excluding carboxylic acids is 1. The second-order valence-corrected chi connectivity index (χ2v) is 7.46. The molecular formula is C19H15F2N5OS. The lowest BCUT2D eigenvalue weighted by Gasteiger charge is -2.11. The van der Waals surface area contributed by atoms with E-state index in [-0.39, 0.29) is 23.1 Å². The number of nitrogens with zero attached hydrogens (tertiary/aromatic N) is 4. The minimum atomic E-state index is -0.509. The molecule has 9 heteroatoms. The van der Waals surface area contributed by atoms with Crippen molar-refractivity contribution in [1.29, 1.82) is 0 Å². The number of rotatable bonds is 4. The molecule has 2 aromatic carbocycles.